The summed E-state index contributed by atoms with van der Waals surface area (Å²) in [7, 11) is 0. The van der Waals surface area contributed by atoms with Gasteiger partial charge in [0.1, 0.15) is 22.3 Å². The predicted molar refractivity (Wildman–Crippen MR) is 212 cm³/mol. The summed E-state index contributed by atoms with van der Waals surface area (Å²) in [4.78, 5) is 0. The molecule has 0 saturated carbocycles. The molecule has 11 rings (SSSR count). The largest absolute Gasteiger partial charge is 0.456 e. The minimum absolute atomic E-state index is 0.896. The maximum atomic E-state index is 6.58. The molecule has 0 amide bonds. The zero-order valence-electron chi connectivity index (χ0n) is 27.5. The van der Waals surface area contributed by atoms with E-state index in [1.54, 1.807) is 0 Å². The molecule has 238 valence electrons. The fourth-order valence-electron chi connectivity index (χ4n) is 8.12. The molecule has 8 aromatic carbocycles. The molecule has 3 heteroatoms. The first kappa shape index (κ1) is 28.0. The number of benzene rings is 8. The zero-order chi connectivity index (χ0) is 33.5. The first-order chi connectivity index (χ1) is 25.3. The fourth-order valence-corrected chi connectivity index (χ4v) is 8.12. The van der Waals surface area contributed by atoms with Crippen LogP contribution in [0.2, 0.25) is 0 Å². The van der Waals surface area contributed by atoms with Crippen LogP contribution in [0.4, 0.5) is 0 Å². The SMILES string of the molecule is c1cc(-c2cc(-c3cccc4c3oc3ccccc34)cc(-n3c4ccccc4c4ccccc43)c2)cc(-c2cccc3oc4ccccc4c23)c1. The Hall–Kier alpha value is -6.84. The van der Waals surface area contributed by atoms with E-state index in [1.807, 2.05) is 24.3 Å². The summed E-state index contributed by atoms with van der Waals surface area (Å²) in [6.45, 7) is 0. The van der Waals surface area contributed by atoms with Crippen LogP contribution in [0.1, 0.15) is 0 Å². The summed E-state index contributed by atoms with van der Waals surface area (Å²) in [6, 6.07) is 62.6. The van der Waals surface area contributed by atoms with Crippen LogP contribution in [0.3, 0.4) is 0 Å². The monoisotopic (exact) mass is 651 g/mol. The van der Waals surface area contributed by atoms with Gasteiger partial charge >= 0.3 is 0 Å². The summed E-state index contributed by atoms with van der Waals surface area (Å²) in [5.41, 5.74) is 13.8. The van der Waals surface area contributed by atoms with Crippen LogP contribution >= 0.6 is 0 Å². The number of rotatable bonds is 4. The van der Waals surface area contributed by atoms with Crippen LogP contribution in [-0.2, 0) is 0 Å². The van der Waals surface area contributed by atoms with Gasteiger partial charge in [-0.15, -0.1) is 0 Å². The highest BCUT2D eigenvalue weighted by atomic mass is 16.3. The molecule has 51 heavy (non-hydrogen) atoms. The second-order valence-corrected chi connectivity index (χ2v) is 13.3. The topological polar surface area (TPSA) is 31.2 Å². The molecule has 11 aromatic rings. The Bertz CT molecular complexity index is 3100. The number of hydrogen-bond donors (Lipinski definition) is 0. The van der Waals surface area contributed by atoms with Gasteiger partial charge in [0.25, 0.3) is 0 Å². The van der Waals surface area contributed by atoms with Crippen molar-refractivity contribution in [2.45, 2.75) is 0 Å². The van der Waals surface area contributed by atoms with Gasteiger partial charge in [-0.1, -0.05) is 121 Å². The van der Waals surface area contributed by atoms with Crippen molar-refractivity contribution in [3.8, 4) is 39.1 Å². The van der Waals surface area contributed by atoms with E-state index in [0.29, 0.717) is 0 Å². The van der Waals surface area contributed by atoms with E-state index in [9.17, 15) is 0 Å². The molecule has 3 nitrogen and oxygen atoms in total. The maximum absolute atomic E-state index is 6.58. The predicted octanol–water partition coefficient (Wildman–Crippen LogP) is 13.6. The number of nitrogens with zero attached hydrogens (tertiary/aromatic N) is 1. The van der Waals surface area contributed by atoms with E-state index in [0.717, 1.165) is 82.9 Å². The highest BCUT2D eigenvalue weighted by Gasteiger charge is 2.18. The molecule has 0 aliphatic heterocycles. The van der Waals surface area contributed by atoms with Crippen molar-refractivity contribution in [1.29, 1.82) is 0 Å². The lowest BCUT2D eigenvalue weighted by atomic mass is 9.93. The molecular weight excluding hydrogens is 623 g/mol. The highest BCUT2D eigenvalue weighted by molar-refractivity contribution is 6.13. The van der Waals surface area contributed by atoms with Gasteiger partial charge in [-0.05, 0) is 82.4 Å². The maximum Gasteiger partial charge on any atom is 0.143 e. The fraction of sp³-hybridized carbons (Fsp3) is 0. The van der Waals surface area contributed by atoms with Crippen LogP contribution in [0.15, 0.2) is 185 Å². The number of furan rings is 2. The molecule has 0 spiro atoms. The van der Waals surface area contributed by atoms with Gasteiger partial charge in [-0.3, -0.25) is 0 Å². The quantitative estimate of drug-likeness (QED) is 0.190. The van der Waals surface area contributed by atoms with Gasteiger partial charge in [0.2, 0.25) is 0 Å². The van der Waals surface area contributed by atoms with Crippen LogP contribution in [-0.4, -0.2) is 4.57 Å². The molecule has 0 radical (unpaired) electrons. The van der Waals surface area contributed by atoms with Crippen LogP contribution in [0.5, 0.6) is 0 Å². The van der Waals surface area contributed by atoms with Crippen molar-refractivity contribution in [1.82, 2.24) is 4.57 Å². The van der Waals surface area contributed by atoms with Gasteiger partial charge in [-0.25, -0.2) is 0 Å². The molecule has 0 aliphatic rings. The minimum atomic E-state index is 0.896. The Morgan fingerprint density at radius 1 is 0.333 bits per heavy atom. The molecule has 0 N–H and O–H groups in total. The van der Waals surface area contributed by atoms with E-state index < -0.39 is 0 Å². The van der Waals surface area contributed by atoms with E-state index in [2.05, 4.69) is 156 Å². The molecule has 0 fully saturated rings. The third kappa shape index (κ3) is 4.25. The molecule has 3 aromatic heterocycles. The molecule has 0 bridgehead atoms. The summed E-state index contributed by atoms with van der Waals surface area (Å²) in [6.07, 6.45) is 0. The molecule has 0 unspecified atom stereocenters. The number of hydrogen-bond acceptors (Lipinski definition) is 2. The van der Waals surface area contributed by atoms with Crippen molar-refractivity contribution in [2.75, 3.05) is 0 Å². The Kier molecular flexibility index (Phi) is 5.96. The first-order valence-electron chi connectivity index (χ1n) is 17.3. The molecule has 0 saturated heterocycles. The van der Waals surface area contributed by atoms with Gasteiger partial charge in [-0.2, -0.15) is 0 Å². The Morgan fingerprint density at radius 3 is 1.69 bits per heavy atom. The summed E-state index contributed by atoms with van der Waals surface area (Å²) in [5, 5.41) is 6.99. The zero-order valence-corrected chi connectivity index (χ0v) is 27.5. The van der Waals surface area contributed by atoms with Crippen molar-refractivity contribution >= 4 is 65.7 Å². The standard InChI is InChI=1S/C48H29NO2/c1-5-21-42-37(14-1)38-15-2-6-22-43(38)49(42)34-28-32(27-33(29-34)36-19-10-20-40-39-16-3-7-23-44(39)51-48(36)40)30-12-9-13-31(26-30)35-18-11-25-46-47(35)41-17-4-8-24-45(41)50-46/h1-29H. The average molecular weight is 652 g/mol. The van der Waals surface area contributed by atoms with E-state index in [4.69, 9.17) is 8.83 Å². The lowest BCUT2D eigenvalue weighted by Gasteiger charge is -2.15. The van der Waals surface area contributed by atoms with Crippen molar-refractivity contribution in [2.24, 2.45) is 0 Å². The summed E-state index contributed by atoms with van der Waals surface area (Å²) >= 11 is 0. The average Bonchev–Trinajstić information content (AvgIpc) is 3.87. The molecule has 3 heterocycles. The highest BCUT2D eigenvalue weighted by Crippen LogP contribution is 2.42. The number of aromatic nitrogens is 1. The van der Waals surface area contributed by atoms with Crippen molar-refractivity contribution < 1.29 is 8.83 Å². The smallest absolute Gasteiger partial charge is 0.143 e. The normalized spacial score (nSPS) is 11.9. The Labute approximate surface area is 293 Å². The third-order valence-corrected chi connectivity index (χ3v) is 10.4. The van der Waals surface area contributed by atoms with Gasteiger partial charge in [0, 0.05) is 43.6 Å². The van der Waals surface area contributed by atoms with Crippen molar-refractivity contribution in [3.05, 3.63) is 176 Å². The van der Waals surface area contributed by atoms with Crippen LogP contribution in [0.25, 0.3) is 105 Å². The minimum Gasteiger partial charge on any atom is -0.456 e. The second kappa shape index (κ2) is 10.8. The lowest BCUT2D eigenvalue weighted by Crippen LogP contribution is -1.96. The lowest BCUT2D eigenvalue weighted by molar-refractivity contribution is 0.669. The van der Waals surface area contributed by atoms with E-state index in [1.165, 1.54) is 21.8 Å². The Balaban J connectivity index is 1.18. The molecule has 0 atom stereocenters. The van der Waals surface area contributed by atoms with Crippen LogP contribution in [0, 0.1) is 0 Å². The van der Waals surface area contributed by atoms with Crippen LogP contribution < -0.4 is 0 Å². The second-order valence-electron chi connectivity index (χ2n) is 13.3. The van der Waals surface area contributed by atoms with Crippen molar-refractivity contribution in [3.63, 3.8) is 0 Å². The Morgan fingerprint density at radius 2 is 0.882 bits per heavy atom. The van der Waals surface area contributed by atoms with Gasteiger partial charge in [0.15, 0.2) is 0 Å². The van der Waals surface area contributed by atoms with E-state index in [-0.39, 0.29) is 0 Å². The first-order valence-corrected chi connectivity index (χ1v) is 17.3. The van der Waals surface area contributed by atoms with E-state index >= 15 is 0 Å². The molecular formula is C48H29NO2. The molecule has 0 aliphatic carbocycles. The van der Waals surface area contributed by atoms with Gasteiger partial charge in [0.05, 0.1) is 11.0 Å². The number of para-hydroxylation sites is 5. The van der Waals surface area contributed by atoms with Gasteiger partial charge < -0.3 is 13.4 Å². The number of fused-ring (bicyclic) bond motifs is 9. The third-order valence-electron chi connectivity index (χ3n) is 10.4. The summed E-state index contributed by atoms with van der Waals surface area (Å²) < 4.78 is 15.3. The summed E-state index contributed by atoms with van der Waals surface area (Å²) in [5.74, 6) is 0.